The van der Waals surface area contributed by atoms with Gasteiger partial charge in [-0.3, -0.25) is 14.4 Å². The van der Waals surface area contributed by atoms with E-state index in [-0.39, 0.29) is 24.3 Å². The van der Waals surface area contributed by atoms with E-state index >= 15 is 0 Å². The lowest BCUT2D eigenvalue weighted by Gasteiger charge is -2.24. The van der Waals surface area contributed by atoms with Crippen molar-refractivity contribution in [1.82, 2.24) is 20.9 Å². The molecule has 0 saturated heterocycles. The Kier molecular flexibility index (Phi) is 11.8. The topological polar surface area (TPSA) is 166 Å². The quantitative estimate of drug-likeness (QED) is 0.158. The molecule has 1 aromatic carbocycles. The number of thiol groups is 2. The lowest BCUT2D eigenvalue weighted by Crippen LogP contribution is -2.58. The van der Waals surface area contributed by atoms with Gasteiger partial charge in [-0.25, -0.2) is 4.79 Å². The van der Waals surface area contributed by atoms with E-state index < -0.39 is 47.9 Å². The molecule has 0 spiro atoms. The second-order valence-corrected chi connectivity index (χ2v) is 9.55. The zero-order valence-electron chi connectivity index (χ0n) is 19.2. The molecule has 0 saturated carbocycles. The molecule has 3 amide bonds. The number of fused-ring (bicyclic) bond motifs is 1. The highest BCUT2D eigenvalue weighted by atomic mass is 32.2. The Hall–Kier alpha value is -2.35. The van der Waals surface area contributed by atoms with Crippen molar-refractivity contribution in [3.05, 3.63) is 36.0 Å². The molecule has 1 aromatic heterocycles. The summed E-state index contributed by atoms with van der Waals surface area (Å²) in [5, 5.41) is 17.9. The zero-order chi connectivity index (χ0) is 26.0. The Balaban J connectivity index is 2.19. The SMILES string of the molecule is CSCCC(NC(=O)C(CS)NC(=O)C(Cc1c[nH]c2ccccc12)NC(=O)C(N)CS)C(=O)O. The molecule has 1 heterocycles. The highest BCUT2D eigenvalue weighted by molar-refractivity contribution is 7.98. The number of thioether (sulfide) groups is 1. The van der Waals surface area contributed by atoms with Crippen molar-refractivity contribution in [2.75, 3.05) is 23.5 Å². The van der Waals surface area contributed by atoms with Crippen molar-refractivity contribution < 1.29 is 24.3 Å². The lowest BCUT2D eigenvalue weighted by molar-refractivity contribution is -0.142. The van der Waals surface area contributed by atoms with Crippen molar-refractivity contribution in [2.45, 2.75) is 37.0 Å². The number of carbonyl (C=O) groups is 4. The Morgan fingerprint density at radius 2 is 1.63 bits per heavy atom. The number of benzene rings is 1. The van der Waals surface area contributed by atoms with Gasteiger partial charge in [-0.2, -0.15) is 37.0 Å². The molecule has 0 aliphatic carbocycles. The molecule has 35 heavy (non-hydrogen) atoms. The van der Waals surface area contributed by atoms with Crippen LogP contribution in [0.4, 0.5) is 0 Å². The first-order valence-electron chi connectivity index (χ1n) is 10.9. The van der Waals surface area contributed by atoms with Crippen LogP contribution in [-0.2, 0) is 25.6 Å². The van der Waals surface area contributed by atoms with E-state index in [0.29, 0.717) is 5.75 Å². The van der Waals surface area contributed by atoms with E-state index in [1.165, 1.54) is 11.8 Å². The van der Waals surface area contributed by atoms with Crippen molar-refractivity contribution >= 4 is 71.6 Å². The van der Waals surface area contributed by atoms with Crippen LogP contribution in [0.2, 0.25) is 0 Å². The first-order chi connectivity index (χ1) is 16.7. The van der Waals surface area contributed by atoms with Crippen LogP contribution in [0.15, 0.2) is 30.5 Å². The predicted octanol–water partition coefficient (Wildman–Crippen LogP) is 0.189. The summed E-state index contributed by atoms with van der Waals surface area (Å²) in [4.78, 5) is 53.0. The molecular formula is C22H31N5O5S3. The molecule has 13 heteroatoms. The van der Waals surface area contributed by atoms with Crippen LogP contribution in [0.1, 0.15) is 12.0 Å². The van der Waals surface area contributed by atoms with Crippen molar-refractivity contribution in [3.63, 3.8) is 0 Å². The normalized spacial score (nSPS) is 14.5. The monoisotopic (exact) mass is 541 g/mol. The summed E-state index contributed by atoms with van der Waals surface area (Å²) >= 11 is 9.64. The van der Waals surface area contributed by atoms with E-state index in [1.807, 2.05) is 30.5 Å². The number of carboxylic acids is 1. The molecule has 10 nitrogen and oxygen atoms in total. The van der Waals surface area contributed by atoms with Gasteiger partial charge in [0.05, 0.1) is 6.04 Å². The van der Waals surface area contributed by atoms with Gasteiger partial charge in [0.1, 0.15) is 18.1 Å². The average Bonchev–Trinajstić information content (AvgIpc) is 3.26. The number of carbonyl (C=O) groups excluding carboxylic acids is 3. The number of amides is 3. The summed E-state index contributed by atoms with van der Waals surface area (Å²) in [6.07, 6.45) is 3.95. The van der Waals surface area contributed by atoms with Gasteiger partial charge >= 0.3 is 5.97 Å². The highest BCUT2D eigenvalue weighted by Gasteiger charge is 2.30. The lowest BCUT2D eigenvalue weighted by atomic mass is 10.0. The molecule has 192 valence electrons. The number of carboxylic acid groups (broad SMARTS) is 1. The largest absolute Gasteiger partial charge is 0.480 e. The molecule has 2 rings (SSSR count). The highest BCUT2D eigenvalue weighted by Crippen LogP contribution is 2.19. The van der Waals surface area contributed by atoms with Gasteiger partial charge in [-0.05, 0) is 30.1 Å². The van der Waals surface area contributed by atoms with Gasteiger partial charge in [0.25, 0.3) is 0 Å². The third-order valence-electron chi connectivity index (χ3n) is 5.31. The van der Waals surface area contributed by atoms with Gasteiger partial charge in [0, 0.05) is 35.0 Å². The number of nitrogens with one attached hydrogen (secondary N) is 4. The number of aliphatic carboxylic acids is 1. The van der Waals surface area contributed by atoms with Crippen molar-refractivity contribution in [3.8, 4) is 0 Å². The molecule has 7 N–H and O–H groups in total. The van der Waals surface area contributed by atoms with Crippen LogP contribution < -0.4 is 21.7 Å². The minimum atomic E-state index is -1.16. The van der Waals surface area contributed by atoms with Crippen LogP contribution in [0.3, 0.4) is 0 Å². The van der Waals surface area contributed by atoms with Crippen molar-refractivity contribution in [1.29, 1.82) is 0 Å². The van der Waals surface area contributed by atoms with Gasteiger partial charge < -0.3 is 31.8 Å². The number of aromatic amines is 1. The third kappa shape index (κ3) is 8.37. The fourth-order valence-electron chi connectivity index (χ4n) is 3.32. The summed E-state index contributed by atoms with van der Waals surface area (Å²) in [5.41, 5.74) is 7.43. The second-order valence-electron chi connectivity index (χ2n) is 7.84. The molecule has 0 bridgehead atoms. The van der Waals surface area contributed by atoms with E-state index in [4.69, 9.17) is 5.73 Å². The summed E-state index contributed by atoms with van der Waals surface area (Å²) in [7, 11) is 0. The molecule has 0 aliphatic heterocycles. The maximum atomic E-state index is 13.2. The number of hydrogen-bond donors (Lipinski definition) is 8. The van der Waals surface area contributed by atoms with Crippen LogP contribution in [0.25, 0.3) is 10.9 Å². The number of rotatable bonds is 14. The second kappa shape index (κ2) is 14.3. The molecule has 4 unspecified atom stereocenters. The van der Waals surface area contributed by atoms with Gasteiger partial charge in [-0.1, -0.05) is 18.2 Å². The molecule has 4 atom stereocenters. The Bertz CT molecular complexity index is 1030. The Morgan fingerprint density at radius 1 is 1.00 bits per heavy atom. The number of nitrogens with two attached hydrogens (primary N) is 1. The van der Waals surface area contributed by atoms with Gasteiger partial charge in [0.15, 0.2) is 0 Å². The predicted molar refractivity (Wildman–Crippen MR) is 144 cm³/mol. The Labute approximate surface area is 218 Å². The summed E-state index contributed by atoms with van der Waals surface area (Å²) in [5.74, 6) is -2.47. The standard InChI is InChI=1S/C22H31N5O5S3/c1-35-7-6-16(22(31)32)25-21(30)18(11-34)27-20(29)17(26-19(28)14(23)10-33)8-12-9-24-15-5-3-2-4-13(12)15/h2-5,9,14,16-18,24,33-34H,6-8,10-11,23H2,1H3,(H,25,30)(H,26,28)(H,27,29)(H,31,32). The summed E-state index contributed by atoms with van der Waals surface area (Å²) in [6.45, 7) is 0. The minimum absolute atomic E-state index is 0.0731. The van der Waals surface area contributed by atoms with E-state index in [0.717, 1.165) is 16.5 Å². The maximum absolute atomic E-state index is 13.2. The van der Waals surface area contributed by atoms with Crippen LogP contribution in [0, 0.1) is 0 Å². The number of hydrogen-bond acceptors (Lipinski definition) is 8. The van der Waals surface area contributed by atoms with E-state index in [2.05, 4.69) is 46.2 Å². The third-order valence-corrected chi connectivity index (χ3v) is 6.71. The minimum Gasteiger partial charge on any atom is -0.480 e. The fourth-order valence-corrected chi connectivity index (χ4v) is 4.22. The molecule has 2 aromatic rings. The van der Waals surface area contributed by atoms with Crippen LogP contribution >= 0.6 is 37.0 Å². The molecule has 0 radical (unpaired) electrons. The fraction of sp³-hybridized carbons (Fsp3) is 0.455. The van der Waals surface area contributed by atoms with E-state index in [9.17, 15) is 24.3 Å². The zero-order valence-corrected chi connectivity index (χ0v) is 21.8. The average molecular weight is 542 g/mol. The number of para-hydroxylation sites is 1. The summed E-state index contributed by atoms with van der Waals surface area (Å²) in [6, 6.07) is 3.35. The van der Waals surface area contributed by atoms with Crippen LogP contribution in [-0.4, -0.2) is 81.5 Å². The first-order valence-corrected chi connectivity index (χ1v) is 13.5. The van der Waals surface area contributed by atoms with Crippen molar-refractivity contribution in [2.24, 2.45) is 5.73 Å². The smallest absolute Gasteiger partial charge is 0.326 e. The van der Waals surface area contributed by atoms with Gasteiger partial charge in [0.2, 0.25) is 17.7 Å². The number of aromatic nitrogens is 1. The summed E-state index contributed by atoms with van der Waals surface area (Å²) < 4.78 is 0. The van der Waals surface area contributed by atoms with Crippen LogP contribution in [0.5, 0.6) is 0 Å². The number of H-pyrrole nitrogens is 1. The van der Waals surface area contributed by atoms with Gasteiger partial charge in [-0.15, -0.1) is 0 Å². The maximum Gasteiger partial charge on any atom is 0.326 e. The molecule has 0 aliphatic rings. The Morgan fingerprint density at radius 3 is 2.26 bits per heavy atom. The first kappa shape index (κ1) is 28.9. The van der Waals surface area contributed by atoms with E-state index in [1.54, 1.807) is 6.20 Å². The molecule has 0 fully saturated rings. The molecular weight excluding hydrogens is 510 g/mol.